The van der Waals surface area contributed by atoms with Gasteiger partial charge >= 0.3 is 6.03 Å². The first kappa shape index (κ1) is 18.7. The molecule has 0 saturated heterocycles. The third-order valence-corrected chi connectivity index (χ3v) is 5.69. The zero-order chi connectivity index (χ0) is 19.7. The maximum Gasteiger partial charge on any atom is 0.323 e. The van der Waals surface area contributed by atoms with Gasteiger partial charge in [0.2, 0.25) is 0 Å². The van der Waals surface area contributed by atoms with Crippen molar-refractivity contribution >= 4 is 45.2 Å². The van der Waals surface area contributed by atoms with Crippen LogP contribution < -0.4 is 10.6 Å². The van der Waals surface area contributed by atoms with Crippen molar-refractivity contribution in [2.75, 3.05) is 10.6 Å². The van der Waals surface area contributed by atoms with Crippen LogP contribution in [0.25, 0.3) is 0 Å². The molecule has 2 N–H and O–H groups in total. The molecule has 0 unspecified atom stereocenters. The van der Waals surface area contributed by atoms with Crippen molar-refractivity contribution < 1.29 is 14.4 Å². The monoisotopic (exact) mass is 441 g/mol. The number of carbonyl (C=O) groups is 3. The second-order valence-corrected chi connectivity index (χ2v) is 8.04. The Balaban J connectivity index is 1.49. The number of fused-ring (bicyclic) bond motifs is 1. The van der Waals surface area contributed by atoms with E-state index in [4.69, 9.17) is 0 Å². The molecular formula is C21H20BrN3O3. The topological polar surface area (TPSA) is 78.5 Å². The average molecular weight is 442 g/mol. The first-order chi connectivity index (χ1) is 13.5. The molecule has 0 bridgehead atoms. The number of rotatable bonds is 3. The van der Waals surface area contributed by atoms with Crippen LogP contribution in [-0.4, -0.2) is 28.8 Å². The summed E-state index contributed by atoms with van der Waals surface area (Å²) in [6.07, 6.45) is 4.97. The van der Waals surface area contributed by atoms with Gasteiger partial charge < -0.3 is 10.6 Å². The highest BCUT2D eigenvalue weighted by Crippen LogP contribution is 2.32. The molecule has 0 atom stereocenters. The maximum absolute atomic E-state index is 12.8. The fraction of sp³-hybridized carbons (Fsp3) is 0.286. The Morgan fingerprint density at radius 3 is 2.29 bits per heavy atom. The highest BCUT2D eigenvalue weighted by Gasteiger charge is 2.40. The first-order valence-corrected chi connectivity index (χ1v) is 10.2. The molecule has 144 valence electrons. The molecule has 1 aliphatic heterocycles. The van der Waals surface area contributed by atoms with Crippen LogP contribution in [0.1, 0.15) is 52.8 Å². The summed E-state index contributed by atoms with van der Waals surface area (Å²) in [5, 5.41) is 5.46. The van der Waals surface area contributed by atoms with Gasteiger partial charge in [-0.2, -0.15) is 0 Å². The molecule has 28 heavy (non-hydrogen) atoms. The Kier molecular flexibility index (Phi) is 5.17. The Morgan fingerprint density at radius 1 is 0.893 bits per heavy atom. The summed E-state index contributed by atoms with van der Waals surface area (Å²) in [7, 11) is 0. The third kappa shape index (κ3) is 3.67. The van der Waals surface area contributed by atoms with Gasteiger partial charge in [0.25, 0.3) is 11.8 Å². The summed E-state index contributed by atoms with van der Waals surface area (Å²) < 4.78 is 0.856. The third-order valence-electron chi connectivity index (χ3n) is 5.20. The number of imide groups is 1. The molecule has 0 spiro atoms. The van der Waals surface area contributed by atoms with Crippen LogP contribution >= 0.6 is 15.9 Å². The van der Waals surface area contributed by atoms with Gasteiger partial charge in [-0.15, -0.1) is 0 Å². The van der Waals surface area contributed by atoms with Gasteiger partial charge in [0.05, 0.1) is 11.1 Å². The van der Waals surface area contributed by atoms with E-state index in [2.05, 4.69) is 26.6 Å². The summed E-state index contributed by atoms with van der Waals surface area (Å²) in [6, 6.07) is 11.7. The van der Waals surface area contributed by atoms with Gasteiger partial charge in [0.1, 0.15) is 0 Å². The minimum atomic E-state index is -0.418. The van der Waals surface area contributed by atoms with Gasteiger partial charge in [-0.25, -0.2) is 4.79 Å². The first-order valence-electron chi connectivity index (χ1n) is 9.38. The average Bonchev–Trinajstić information content (AvgIpc) is 2.92. The molecule has 0 radical (unpaired) electrons. The molecule has 4 rings (SSSR count). The van der Waals surface area contributed by atoms with E-state index in [1.54, 1.807) is 30.3 Å². The number of nitrogens with zero attached hydrogens (tertiary/aromatic N) is 1. The lowest BCUT2D eigenvalue weighted by atomic mass is 9.94. The van der Waals surface area contributed by atoms with Crippen molar-refractivity contribution in [3.8, 4) is 0 Å². The Morgan fingerprint density at radius 2 is 1.57 bits per heavy atom. The van der Waals surface area contributed by atoms with Crippen LogP contribution in [0.2, 0.25) is 0 Å². The molecule has 1 saturated carbocycles. The molecule has 0 aromatic heterocycles. The predicted molar refractivity (Wildman–Crippen MR) is 111 cm³/mol. The zero-order valence-corrected chi connectivity index (χ0v) is 16.8. The number of benzene rings is 2. The number of amides is 4. The van der Waals surface area contributed by atoms with Crippen LogP contribution in [0.4, 0.5) is 16.2 Å². The fourth-order valence-corrected chi connectivity index (χ4v) is 4.27. The molecule has 1 fully saturated rings. The fourth-order valence-electron chi connectivity index (χ4n) is 3.87. The lowest BCUT2D eigenvalue weighted by Crippen LogP contribution is -2.40. The summed E-state index contributed by atoms with van der Waals surface area (Å²) in [5.41, 5.74) is 1.88. The molecule has 7 heteroatoms. The summed E-state index contributed by atoms with van der Waals surface area (Å²) in [4.78, 5) is 39.2. The second kappa shape index (κ2) is 7.75. The number of nitrogens with one attached hydrogen (secondary N) is 2. The van der Waals surface area contributed by atoms with Crippen molar-refractivity contribution in [3.63, 3.8) is 0 Å². The van der Waals surface area contributed by atoms with Crippen LogP contribution in [0.3, 0.4) is 0 Å². The van der Waals surface area contributed by atoms with E-state index in [1.807, 2.05) is 12.1 Å². The lowest BCUT2D eigenvalue weighted by Gasteiger charge is -2.29. The molecule has 6 nitrogen and oxygen atoms in total. The molecule has 2 aromatic carbocycles. The van der Waals surface area contributed by atoms with Crippen LogP contribution in [0.15, 0.2) is 46.9 Å². The SMILES string of the molecule is O=C(Nc1cccc(Br)c1)Nc1ccc2c(c1)C(=O)N(C1CCCCC1)C2=O. The van der Waals surface area contributed by atoms with E-state index < -0.39 is 6.03 Å². The molecule has 1 aliphatic carbocycles. The van der Waals surface area contributed by atoms with Crippen LogP contribution in [0.5, 0.6) is 0 Å². The van der Waals surface area contributed by atoms with Crippen molar-refractivity contribution in [2.24, 2.45) is 0 Å². The Labute approximate surface area is 171 Å². The number of anilines is 2. The standard InChI is InChI=1S/C21H20BrN3O3/c22-13-5-4-6-14(11-13)23-21(28)24-15-9-10-17-18(12-15)20(27)25(19(17)26)16-7-2-1-3-8-16/h4-6,9-12,16H,1-3,7-8H2,(H2,23,24,28). The van der Waals surface area contributed by atoms with Crippen molar-refractivity contribution in [3.05, 3.63) is 58.1 Å². The highest BCUT2D eigenvalue weighted by molar-refractivity contribution is 9.10. The Hall–Kier alpha value is -2.67. The quantitative estimate of drug-likeness (QED) is 0.656. The molecule has 4 amide bonds. The zero-order valence-electron chi connectivity index (χ0n) is 15.2. The highest BCUT2D eigenvalue weighted by atomic mass is 79.9. The number of carbonyl (C=O) groups excluding carboxylic acids is 3. The predicted octanol–water partition coefficient (Wildman–Crippen LogP) is 5.02. The largest absolute Gasteiger partial charge is 0.323 e. The van der Waals surface area contributed by atoms with Crippen molar-refractivity contribution in [2.45, 2.75) is 38.1 Å². The molecular weight excluding hydrogens is 422 g/mol. The van der Waals surface area contributed by atoms with E-state index in [1.165, 1.54) is 4.90 Å². The summed E-state index contributed by atoms with van der Waals surface area (Å²) >= 11 is 3.36. The van der Waals surface area contributed by atoms with Gasteiger partial charge in [-0.1, -0.05) is 41.3 Å². The van der Waals surface area contributed by atoms with Gasteiger partial charge in [-0.05, 0) is 49.2 Å². The van der Waals surface area contributed by atoms with Crippen molar-refractivity contribution in [1.29, 1.82) is 0 Å². The number of hydrogen-bond donors (Lipinski definition) is 2. The van der Waals surface area contributed by atoms with Gasteiger partial charge in [0.15, 0.2) is 0 Å². The maximum atomic E-state index is 12.8. The van der Waals surface area contributed by atoms with Gasteiger partial charge in [-0.3, -0.25) is 14.5 Å². The number of urea groups is 1. The second-order valence-electron chi connectivity index (χ2n) is 7.12. The van der Waals surface area contributed by atoms with E-state index >= 15 is 0 Å². The van der Waals surface area contributed by atoms with Crippen molar-refractivity contribution in [1.82, 2.24) is 4.90 Å². The van der Waals surface area contributed by atoms with Crippen LogP contribution in [-0.2, 0) is 0 Å². The minimum absolute atomic E-state index is 0.0163. The van der Waals surface area contributed by atoms with E-state index in [0.717, 1.165) is 36.6 Å². The minimum Gasteiger partial charge on any atom is -0.308 e. The molecule has 2 aliphatic rings. The Bertz CT molecular complexity index is 954. The number of hydrogen-bond acceptors (Lipinski definition) is 3. The number of halogens is 1. The smallest absolute Gasteiger partial charge is 0.308 e. The van der Waals surface area contributed by atoms with Crippen LogP contribution in [0, 0.1) is 0 Å². The lowest BCUT2D eigenvalue weighted by molar-refractivity contribution is 0.0549. The van der Waals surface area contributed by atoms with E-state index in [0.29, 0.717) is 22.5 Å². The molecule has 1 heterocycles. The molecule has 2 aromatic rings. The normalized spacial score (nSPS) is 16.8. The van der Waals surface area contributed by atoms with Gasteiger partial charge in [0, 0.05) is 21.9 Å². The summed E-state index contributed by atoms with van der Waals surface area (Å²) in [5.74, 6) is -0.486. The summed E-state index contributed by atoms with van der Waals surface area (Å²) in [6.45, 7) is 0. The van der Waals surface area contributed by atoms with E-state index in [-0.39, 0.29) is 17.9 Å². The van der Waals surface area contributed by atoms with E-state index in [9.17, 15) is 14.4 Å².